The summed E-state index contributed by atoms with van der Waals surface area (Å²) in [6.07, 6.45) is 2.63. The second kappa shape index (κ2) is 6.88. The van der Waals surface area contributed by atoms with Gasteiger partial charge in [-0.1, -0.05) is 23.4 Å². The van der Waals surface area contributed by atoms with Crippen LogP contribution in [0, 0.1) is 5.92 Å². The lowest BCUT2D eigenvalue weighted by Gasteiger charge is -2.44. The van der Waals surface area contributed by atoms with E-state index < -0.39 is 18.0 Å². The van der Waals surface area contributed by atoms with E-state index in [9.17, 15) is 19.8 Å². The van der Waals surface area contributed by atoms with Gasteiger partial charge in [0.1, 0.15) is 5.70 Å². The lowest BCUT2D eigenvalue weighted by molar-refractivity contribution is -0.161. The number of pyridine rings is 1. The van der Waals surface area contributed by atoms with Crippen molar-refractivity contribution in [3.8, 4) is 0 Å². The van der Waals surface area contributed by atoms with E-state index in [1.165, 1.54) is 11.1 Å². The van der Waals surface area contributed by atoms with Gasteiger partial charge in [0.25, 0.3) is 0 Å². The van der Waals surface area contributed by atoms with Gasteiger partial charge in [0, 0.05) is 17.0 Å². The zero-order valence-electron chi connectivity index (χ0n) is 16.6. The van der Waals surface area contributed by atoms with Gasteiger partial charge in [0.2, 0.25) is 5.91 Å². The van der Waals surface area contributed by atoms with Gasteiger partial charge in [-0.2, -0.15) is 0 Å². The van der Waals surface area contributed by atoms with Gasteiger partial charge < -0.3 is 20.3 Å². The largest absolute Gasteiger partial charge is 0.477 e. The van der Waals surface area contributed by atoms with Crippen molar-refractivity contribution in [3.05, 3.63) is 59.4 Å². The summed E-state index contributed by atoms with van der Waals surface area (Å²) in [7, 11) is 0. The number of carbonyl (C=O) groups is 2. The highest BCUT2D eigenvalue weighted by molar-refractivity contribution is 6.09. The summed E-state index contributed by atoms with van der Waals surface area (Å²) in [5.41, 5.74) is 2.80. The number of hydrogen-bond acceptors (Lipinski definition) is 6. The molecule has 0 radical (unpaired) electrons. The van der Waals surface area contributed by atoms with Crippen molar-refractivity contribution >= 4 is 45.3 Å². The Bertz CT molecular complexity index is 1330. The number of nitrogens with zero attached hydrogens (tertiary/aromatic N) is 3. The molecule has 2 aliphatic heterocycles. The number of carbonyl (C=O) groups excluding carboxylic acids is 1. The number of hydrogen-bond donors (Lipinski definition) is 3. The predicted octanol–water partition coefficient (Wildman–Crippen LogP) is 2.60. The molecule has 31 heavy (non-hydrogen) atoms. The summed E-state index contributed by atoms with van der Waals surface area (Å²) in [6.45, 7) is 1.56. The molecule has 0 spiro atoms. The minimum atomic E-state index is -1.15. The van der Waals surface area contributed by atoms with E-state index in [1.807, 2.05) is 30.3 Å². The van der Waals surface area contributed by atoms with E-state index in [2.05, 4.69) is 10.1 Å². The van der Waals surface area contributed by atoms with E-state index in [4.69, 9.17) is 5.21 Å². The zero-order valence-corrected chi connectivity index (χ0v) is 16.6. The lowest BCUT2D eigenvalue weighted by Crippen LogP contribution is -2.61. The van der Waals surface area contributed by atoms with Crippen LogP contribution < -0.4 is 0 Å². The number of aliphatic hydroxyl groups is 1. The average Bonchev–Trinajstić information content (AvgIpc) is 3.08. The lowest BCUT2D eigenvalue weighted by atomic mass is 9.82. The number of aliphatic hydroxyl groups excluding tert-OH is 1. The molecule has 0 bridgehead atoms. The Morgan fingerprint density at radius 2 is 2.06 bits per heavy atom. The highest BCUT2D eigenvalue weighted by Crippen LogP contribution is 2.47. The highest BCUT2D eigenvalue weighted by atomic mass is 16.4. The number of fused-ring (bicyclic) bond motifs is 4. The maximum Gasteiger partial charge on any atom is 0.352 e. The molecule has 3 aromatic rings. The molecule has 0 unspecified atom stereocenters. The Balaban J connectivity index is 1.63. The number of β-lactam (4-membered cyclic amide) rings is 1. The average molecular weight is 417 g/mol. The van der Waals surface area contributed by atoms with E-state index in [0.717, 1.165) is 27.2 Å². The molecule has 8 nitrogen and oxygen atoms in total. The Morgan fingerprint density at radius 3 is 2.77 bits per heavy atom. The summed E-state index contributed by atoms with van der Waals surface area (Å²) < 4.78 is 0. The summed E-state index contributed by atoms with van der Waals surface area (Å²) >= 11 is 0. The maximum atomic E-state index is 12.5. The smallest absolute Gasteiger partial charge is 0.352 e. The molecule has 3 N–H and O–H groups in total. The molecule has 3 atom stereocenters. The molecule has 1 fully saturated rings. The molecule has 1 saturated heterocycles. The molecule has 8 heteroatoms. The summed E-state index contributed by atoms with van der Waals surface area (Å²) in [5.74, 6) is -2.08. The van der Waals surface area contributed by atoms with Crippen LogP contribution in [0.5, 0.6) is 0 Å². The maximum absolute atomic E-state index is 12.5. The molecule has 5 rings (SSSR count). The summed E-state index contributed by atoms with van der Waals surface area (Å²) in [5, 5.41) is 34.2. The first-order valence-electron chi connectivity index (χ1n) is 9.88. The fourth-order valence-corrected chi connectivity index (χ4v) is 4.80. The van der Waals surface area contributed by atoms with Crippen molar-refractivity contribution < 1.29 is 25.0 Å². The molecule has 156 valence electrons. The first-order valence-corrected chi connectivity index (χ1v) is 9.88. The van der Waals surface area contributed by atoms with Crippen LogP contribution in [-0.2, 0) is 9.59 Å². The van der Waals surface area contributed by atoms with E-state index in [-0.39, 0.29) is 17.6 Å². The first kappa shape index (κ1) is 19.2. The minimum absolute atomic E-state index is 0.0126. The summed E-state index contributed by atoms with van der Waals surface area (Å²) in [4.78, 5) is 30.2. The Hall–Kier alpha value is -3.78. The van der Waals surface area contributed by atoms with Gasteiger partial charge in [0.05, 0.1) is 29.8 Å². The van der Waals surface area contributed by atoms with Gasteiger partial charge in [-0.15, -0.1) is 0 Å². The van der Waals surface area contributed by atoms with Crippen molar-refractivity contribution in [2.45, 2.75) is 25.5 Å². The number of benzene rings is 2. The fraction of sp³-hybridized carbons (Fsp3) is 0.217. The Morgan fingerprint density at radius 1 is 1.26 bits per heavy atom. The van der Waals surface area contributed by atoms with Crippen LogP contribution in [0.2, 0.25) is 0 Å². The van der Waals surface area contributed by atoms with E-state index in [1.54, 1.807) is 19.2 Å². The van der Waals surface area contributed by atoms with Gasteiger partial charge in [-0.3, -0.25) is 9.78 Å². The van der Waals surface area contributed by atoms with Gasteiger partial charge in [-0.25, -0.2) is 4.79 Å². The Labute approximate surface area is 176 Å². The Kier molecular flexibility index (Phi) is 4.26. The fourth-order valence-electron chi connectivity index (χ4n) is 4.80. The standard InChI is InChI=1S/C23H19N3O5/c1-11(27)20-19-8-16(21(23(29)30)26(19)22(20)28)13-3-4-15-14(7-13)10-24-18-5-2-12(9-25-31)6-17(15)18/h2-7,9-11,19-20,27,31H,8H2,1H3,(H,29,30)/t11-,19-,20-/m1/s1. The molecule has 3 heterocycles. The van der Waals surface area contributed by atoms with E-state index >= 15 is 0 Å². The third-order valence-corrected chi connectivity index (χ3v) is 6.19. The van der Waals surface area contributed by atoms with Gasteiger partial charge >= 0.3 is 5.97 Å². The molecular formula is C23H19N3O5. The van der Waals surface area contributed by atoms with Crippen LogP contribution in [0.4, 0.5) is 0 Å². The van der Waals surface area contributed by atoms with Gasteiger partial charge in [0.15, 0.2) is 0 Å². The molecule has 1 aromatic heterocycles. The molecule has 0 saturated carbocycles. The second-order valence-corrected chi connectivity index (χ2v) is 7.96. The van der Waals surface area contributed by atoms with Crippen molar-refractivity contribution in [1.82, 2.24) is 9.88 Å². The first-order chi connectivity index (χ1) is 14.9. The number of oxime groups is 1. The topological polar surface area (TPSA) is 123 Å². The number of aliphatic carboxylic acids is 1. The molecule has 2 aliphatic rings. The third-order valence-electron chi connectivity index (χ3n) is 6.19. The SMILES string of the molecule is C[C@@H](O)[C@H]1C(=O)N2C(C(=O)O)=C(c3ccc4c(cnc5ccc(C=NO)cc54)c3)C[C@H]12. The van der Waals surface area contributed by atoms with E-state index in [0.29, 0.717) is 17.6 Å². The van der Waals surface area contributed by atoms with Crippen LogP contribution >= 0.6 is 0 Å². The molecule has 2 aromatic carbocycles. The normalized spacial score (nSPS) is 21.7. The van der Waals surface area contributed by atoms with Crippen molar-refractivity contribution in [1.29, 1.82) is 0 Å². The minimum Gasteiger partial charge on any atom is -0.477 e. The molecule has 0 aliphatic carbocycles. The van der Waals surface area contributed by atoms with Crippen LogP contribution in [-0.4, -0.2) is 55.5 Å². The van der Waals surface area contributed by atoms with Crippen LogP contribution in [0.15, 0.2) is 53.4 Å². The van der Waals surface area contributed by atoms with Crippen LogP contribution in [0.25, 0.3) is 27.2 Å². The van der Waals surface area contributed by atoms with Crippen LogP contribution in [0.3, 0.4) is 0 Å². The van der Waals surface area contributed by atoms with Crippen molar-refractivity contribution in [3.63, 3.8) is 0 Å². The highest BCUT2D eigenvalue weighted by Gasteiger charge is 2.56. The number of amides is 1. The van der Waals surface area contributed by atoms with Crippen molar-refractivity contribution in [2.75, 3.05) is 0 Å². The van der Waals surface area contributed by atoms with Gasteiger partial charge in [-0.05, 0) is 53.6 Å². The van der Waals surface area contributed by atoms with Crippen LogP contribution in [0.1, 0.15) is 24.5 Å². The summed E-state index contributed by atoms with van der Waals surface area (Å²) in [6, 6.07) is 10.8. The number of rotatable bonds is 4. The second-order valence-electron chi connectivity index (χ2n) is 7.96. The zero-order chi connectivity index (χ0) is 21.9. The van der Waals surface area contributed by atoms with Crippen molar-refractivity contribution in [2.24, 2.45) is 11.1 Å². The predicted molar refractivity (Wildman–Crippen MR) is 114 cm³/mol. The number of carboxylic acids is 1. The quantitative estimate of drug-likeness (QED) is 0.197. The third kappa shape index (κ3) is 2.79. The molecule has 1 amide bonds. The number of aromatic nitrogens is 1. The molecular weight excluding hydrogens is 398 g/mol. The monoisotopic (exact) mass is 417 g/mol. The number of carboxylic acid groups (broad SMARTS) is 1.